The first kappa shape index (κ1) is 56.3. The third kappa shape index (κ3) is 10.8. The first-order valence-corrected chi connectivity index (χ1v) is 34.2. The zero-order chi connectivity index (χ0) is 58.8. The number of anilines is 6. The van der Waals surface area contributed by atoms with Crippen LogP contribution in [0.15, 0.2) is 237 Å². The van der Waals surface area contributed by atoms with Crippen molar-refractivity contribution in [3.05, 3.63) is 293 Å². The van der Waals surface area contributed by atoms with Gasteiger partial charge >= 0.3 is 0 Å². The predicted octanol–water partition coefficient (Wildman–Crippen LogP) is 24.8. The largest absolute Gasteiger partial charge is 0.310 e. The molecule has 9 aromatic carbocycles. The lowest BCUT2D eigenvalue weighted by atomic mass is 9.64. The summed E-state index contributed by atoms with van der Waals surface area (Å²) in [7, 11) is 0. The van der Waals surface area contributed by atoms with Crippen molar-refractivity contribution in [2.75, 3.05) is 9.80 Å². The van der Waals surface area contributed by atoms with Crippen LogP contribution in [-0.4, -0.2) is 0 Å². The second-order valence-electron chi connectivity index (χ2n) is 26.9. The van der Waals surface area contributed by atoms with Gasteiger partial charge < -0.3 is 9.80 Å². The predicted molar refractivity (Wildman–Crippen MR) is 375 cm³/mol. The van der Waals surface area contributed by atoms with Gasteiger partial charge in [0.25, 0.3) is 0 Å². The third-order valence-corrected chi connectivity index (χ3v) is 21.7. The average Bonchev–Trinajstić information content (AvgIpc) is 1.60. The van der Waals surface area contributed by atoms with E-state index in [2.05, 4.69) is 240 Å². The van der Waals surface area contributed by atoms with Crippen molar-refractivity contribution in [2.45, 2.75) is 164 Å². The number of rotatable bonds is 12. The monoisotopic (exact) mass is 1150 g/mol. The van der Waals surface area contributed by atoms with Gasteiger partial charge in [-0.05, 0) is 250 Å². The zero-order valence-corrected chi connectivity index (χ0v) is 51.7. The SMILES string of the molecule is C=C1/C=C\C=C/CC2=C(c3ccc(N(c4ccc(C5CCCCC5)cc4)c4ccc(C5CCCCC5)cc4)cc31)C(c1ccccc1)(c1ccccc1)c1cc3cc(N(c4ccc(C5CCCCC5)cc4)c4ccc(C5CCCCC5)cc4)ccc3cc12. The summed E-state index contributed by atoms with van der Waals surface area (Å²) >= 11 is 0. The van der Waals surface area contributed by atoms with Gasteiger partial charge in [-0.2, -0.15) is 0 Å². The summed E-state index contributed by atoms with van der Waals surface area (Å²) in [6.07, 6.45) is 36.3. The molecule has 6 aliphatic rings. The number of hydrogen-bond acceptors (Lipinski definition) is 2. The molecule has 0 unspecified atom stereocenters. The van der Waals surface area contributed by atoms with Crippen molar-refractivity contribution in [3.8, 4) is 0 Å². The number of hydrogen-bond donors (Lipinski definition) is 0. The average molecular weight is 1150 g/mol. The van der Waals surface area contributed by atoms with Gasteiger partial charge in [-0.1, -0.05) is 229 Å². The van der Waals surface area contributed by atoms with Crippen molar-refractivity contribution in [3.63, 3.8) is 0 Å². The topological polar surface area (TPSA) is 6.48 Å². The van der Waals surface area contributed by atoms with Crippen LogP contribution in [0.25, 0.3) is 27.5 Å². The van der Waals surface area contributed by atoms with Crippen LogP contribution in [-0.2, 0) is 5.41 Å². The van der Waals surface area contributed by atoms with E-state index in [-0.39, 0.29) is 0 Å². The van der Waals surface area contributed by atoms with Gasteiger partial charge in [0.15, 0.2) is 0 Å². The fourth-order valence-electron chi connectivity index (χ4n) is 17.1. The van der Waals surface area contributed by atoms with Gasteiger partial charge in [0.2, 0.25) is 0 Å². The van der Waals surface area contributed by atoms with Crippen LogP contribution >= 0.6 is 0 Å². The summed E-state index contributed by atoms with van der Waals surface area (Å²) < 4.78 is 0. The molecule has 9 aromatic rings. The molecule has 0 aliphatic heterocycles. The molecule has 0 atom stereocenters. The van der Waals surface area contributed by atoms with Crippen LogP contribution in [0.1, 0.15) is 214 Å². The standard InChI is InChI=1S/C86H86N2/c1-61-23-9-2-22-36-80-83-58-70-45-54-78(87(74-46-37-66(38-47-74)62-24-10-3-11-25-62)75-48-39-67(40-49-75)63-26-12-4-13-27-63)57-71(70)59-84(83)86(72-32-18-7-19-33-72,73-34-20-8-21-35-73)85(80)81-56-55-79(60-82(61)81)88(76-50-41-68(42-51-76)64-28-14-5-15-29-64)77-52-43-69(44-53-77)65-30-16-6-17-31-65/h2,7-9,18-23,32-35,37-60,62-65H,1,3-6,10-17,24-31,36H2/b22-2-,23-9-. The Bertz CT molecular complexity index is 3840. The van der Waals surface area contributed by atoms with Gasteiger partial charge in [-0.25, -0.2) is 0 Å². The van der Waals surface area contributed by atoms with E-state index in [0.717, 1.165) is 23.2 Å². The van der Waals surface area contributed by atoms with Crippen molar-refractivity contribution < 1.29 is 0 Å². The molecule has 440 valence electrons. The Morgan fingerprint density at radius 2 is 0.727 bits per heavy atom. The summed E-state index contributed by atoms with van der Waals surface area (Å²) in [6.45, 7) is 4.97. The first-order valence-electron chi connectivity index (χ1n) is 34.2. The van der Waals surface area contributed by atoms with Gasteiger partial charge in [0, 0.05) is 34.1 Å². The highest BCUT2D eigenvalue weighted by molar-refractivity contribution is 6.11. The maximum absolute atomic E-state index is 4.97. The quantitative estimate of drug-likeness (QED) is 0.120. The second kappa shape index (κ2) is 25.1. The molecule has 0 aromatic heterocycles. The lowest BCUT2D eigenvalue weighted by Crippen LogP contribution is -2.29. The molecule has 0 bridgehead atoms. The molecule has 2 nitrogen and oxygen atoms in total. The highest BCUT2D eigenvalue weighted by atomic mass is 15.1. The Morgan fingerprint density at radius 3 is 1.16 bits per heavy atom. The van der Waals surface area contributed by atoms with Crippen LogP contribution in [0, 0.1) is 0 Å². The number of benzene rings is 9. The summed E-state index contributed by atoms with van der Waals surface area (Å²) in [5, 5.41) is 2.48. The fraction of sp³-hybridized carbons (Fsp3) is 0.302. The van der Waals surface area contributed by atoms with Crippen LogP contribution in [0.2, 0.25) is 0 Å². The Balaban J connectivity index is 0.898. The molecule has 0 amide bonds. The maximum Gasteiger partial charge on any atom is 0.0716 e. The molecule has 6 aliphatic carbocycles. The molecule has 0 heterocycles. The third-order valence-electron chi connectivity index (χ3n) is 21.7. The van der Waals surface area contributed by atoms with E-state index in [1.807, 2.05) is 0 Å². The zero-order valence-electron chi connectivity index (χ0n) is 51.7. The van der Waals surface area contributed by atoms with E-state index in [9.17, 15) is 0 Å². The lowest BCUT2D eigenvalue weighted by molar-refractivity contribution is 0.443. The second-order valence-corrected chi connectivity index (χ2v) is 26.9. The number of allylic oxidation sites excluding steroid dienone is 7. The van der Waals surface area contributed by atoms with E-state index < -0.39 is 5.41 Å². The summed E-state index contributed by atoms with van der Waals surface area (Å²) in [5.41, 5.74) is 23.5. The molecule has 15 rings (SSSR count). The Morgan fingerprint density at radius 1 is 0.330 bits per heavy atom. The number of nitrogens with zero attached hydrogens (tertiary/aromatic N) is 2. The summed E-state index contributed by atoms with van der Waals surface area (Å²) in [6, 6.07) is 81.2. The smallest absolute Gasteiger partial charge is 0.0716 e. The molecule has 2 heteroatoms. The number of fused-ring (bicyclic) bond motifs is 5. The highest BCUT2D eigenvalue weighted by Gasteiger charge is 2.49. The van der Waals surface area contributed by atoms with Crippen LogP contribution in [0.5, 0.6) is 0 Å². The Kier molecular flexibility index (Phi) is 16.1. The highest BCUT2D eigenvalue weighted by Crippen LogP contribution is 2.61. The Hall–Kier alpha value is -8.20. The van der Waals surface area contributed by atoms with Gasteiger partial charge in [0.05, 0.1) is 5.41 Å². The molecule has 0 radical (unpaired) electrons. The van der Waals surface area contributed by atoms with Crippen molar-refractivity contribution in [1.82, 2.24) is 0 Å². The fourth-order valence-corrected chi connectivity index (χ4v) is 17.1. The van der Waals surface area contributed by atoms with E-state index >= 15 is 0 Å². The minimum atomic E-state index is -0.683. The van der Waals surface area contributed by atoms with E-state index in [0.29, 0.717) is 23.7 Å². The maximum atomic E-state index is 4.97. The Labute approximate surface area is 525 Å². The molecule has 4 saturated carbocycles. The lowest BCUT2D eigenvalue weighted by Gasteiger charge is -2.37. The van der Waals surface area contributed by atoms with E-state index in [1.165, 1.54) is 229 Å². The first-order chi connectivity index (χ1) is 43.5. The molecule has 0 N–H and O–H groups in total. The summed E-state index contributed by atoms with van der Waals surface area (Å²) in [4.78, 5) is 5.03. The van der Waals surface area contributed by atoms with Gasteiger partial charge in [-0.15, -0.1) is 0 Å². The van der Waals surface area contributed by atoms with Crippen LogP contribution in [0.3, 0.4) is 0 Å². The van der Waals surface area contributed by atoms with Crippen LogP contribution < -0.4 is 9.80 Å². The minimum absolute atomic E-state index is 0.642. The van der Waals surface area contributed by atoms with Crippen LogP contribution in [0.4, 0.5) is 34.1 Å². The molecular weight excluding hydrogens is 1060 g/mol. The normalized spacial score (nSPS) is 19.2. The summed E-state index contributed by atoms with van der Waals surface area (Å²) in [5.74, 6) is 2.59. The van der Waals surface area contributed by atoms with E-state index in [4.69, 9.17) is 6.58 Å². The van der Waals surface area contributed by atoms with Gasteiger partial charge in [0.1, 0.15) is 0 Å². The van der Waals surface area contributed by atoms with Crippen molar-refractivity contribution >= 4 is 61.6 Å². The van der Waals surface area contributed by atoms with Crippen molar-refractivity contribution in [2.24, 2.45) is 0 Å². The minimum Gasteiger partial charge on any atom is -0.310 e. The van der Waals surface area contributed by atoms with Gasteiger partial charge in [-0.3, -0.25) is 0 Å². The van der Waals surface area contributed by atoms with Crippen molar-refractivity contribution in [1.29, 1.82) is 0 Å². The molecule has 0 spiro atoms. The molecular formula is C86H86N2. The molecule has 0 saturated heterocycles. The van der Waals surface area contributed by atoms with E-state index in [1.54, 1.807) is 0 Å². The molecule has 88 heavy (non-hydrogen) atoms. The molecule has 4 fully saturated rings.